The summed E-state index contributed by atoms with van der Waals surface area (Å²) in [5.74, 6) is 1.27. The lowest BCUT2D eigenvalue weighted by Crippen LogP contribution is -2.27. The summed E-state index contributed by atoms with van der Waals surface area (Å²) < 4.78 is 7.64. The van der Waals surface area contributed by atoms with Gasteiger partial charge >= 0.3 is 0 Å². The van der Waals surface area contributed by atoms with Crippen molar-refractivity contribution in [2.45, 2.75) is 50.9 Å². The molecule has 1 aromatic carbocycles. The van der Waals surface area contributed by atoms with Crippen LogP contribution in [0.15, 0.2) is 34.2 Å². The predicted octanol–water partition coefficient (Wildman–Crippen LogP) is 3.71. The molecule has 3 rings (SSSR count). The summed E-state index contributed by atoms with van der Waals surface area (Å²) in [5, 5.41) is 1.52. The molecule has 1 aliphatic rings. The van der Waals surface area contributed by atoms with E-state index in [4.69, 9.17) is 9.72 Å². The number of fused-ring (bicyclic) bond motifs is 1. The first-order valence-corrected chi connectivity index (χ1v) is 9.37. The van der Waals surface area contributed by atoms with Crippen LogP contribution < -0.4 is 5.56 Å². The van der Waals surface area contributed by atoms with Crippen molar-refractivity contribution in [3.05, 3.63) is 34.6 Å². The lowest BCUT2D eigenvalue weighted by atomic mass is 10.1. The fourth-order valence-electron chi connectivity index (χ4n) is 2.89. The average molecular weight is 332 g/mol. The van der Waals surface area contributed by atoms with Crippen molar-refractivity contribution in [1.82, 2.24) is 9.55 Å². The maximum absolute atomic E-state index is 12.8. The number of nitrogens with zero attached hydrogens (tertiary/aromatic N) is 2. The van der Waals surface area contributed by atoms with Gasteiger partial charge in [0.2, 0.25) is 0 Å². The molecule has 2 heterocycles. The van der Waals surface area contributed by atoms with Gasteiger partial charge in [0.05, 0.1) is 17.0 Å². The molecule has 0 aliphatic carbocycles. The topological polar surface area (TPSA) is 44.1 Å². The van der Waals surface area contributed by atoms with Gasteiger partial charge in [-0.1, -0.05) is 37.7 Å². The van der Waals surface area contributed by atoms with E-state index in [1.807, 2.05) is 28.8 Å². The van der Waals surface area contributed by atoms with Crippen LogP contribution in [0.4, 0.5) is 0 Å². The van der Waals surface area contributed by atoms with E-state index >= 15 is 0 Å². The van der Waals surface area contributed by atoms with E-state index in [0.717, 1.165) is 35.9 Å². The van der Waals surface area contributed by atoms with E-state index in [0.29, 0.717) is 17.8 Å². The average Bonchev–Trinajstić information content (AvgIpc) is 2.56. The number of rotatable bonds is 5. The van der Waals surface area contributed by atoms with Gasteiger partial charge in [0, 0.05) is 18.9 Å². The van der Waals surface area contributed by atoms with Crippen molar-refractivity contribution >= 4 is 22.7 Å². The van der Waals surface area contributed by atoms with E-state index in [1.165, 1.54) is 6.42 Å². The summed E-state index contributed by atoms with van der Waals surface area (Å²) in [6, 6.07) is 7.60. The second-order valence-corrected chi connectivity index (χ2v) is 7.51. The van der Waals surface area contributed by atoms with Crippen molar-refractivity contribution in [3.63, 3.8) is 0 Å². The predicted molar refractivity (Wildman–Crippen MR) is 95.2 cm³/mol. The standard InChI is InChI=1S/C18H24N2O2S/c1-13(2)11-20-17(21)15-8-3-4-9-16(15)19-18(20)23-12-14-7-5-6-10-22-14/h3-4,8-9,13-14H,5-7,10-12H2,1-2H3/t14-/m1/s1. The molecule has 124 valence electrons. The molecule has 1 fully saturated rings. The minimum atomic E-state index is 0.0661. The SMILES string of the molecule is CC(C)Cn1c(SC[C@H]2CCCCO2)nc2ccccc2c1=O. The van der Waals surface area contributed by atoms with E-state index in [2.05, 4.69) is 13.8 Å². The summed E-state index contributed by atoms with van der Waals surface area (Å²) >= 11 is 1.65. The maximum Gasteiger partial charge on any atom is 0.262 e. The first-order valence-electron chi connectivity index (χ1n) is 8.39. The van der Waals surface area contributed by atoms with Crippen LogP contribution in [0.3, 0.4) is 0 Å². The highest BCUT2D eigenvalue weighted by atomic mass is 32.2. The molecule has 0 amide bonds. The zero-order valence-electron chi connectivity index (χ0n) is 13.8. The van der Waals surface area contributed by atoms with Crippen molar-refractivity contribution in [3.8, 4) is 0 Å². The first kappa shape index (κ1) is 16.5. The third kappa shape index (κ3) is 3.96. The van der Waals surface area contributed by atoms with Crippen LogP contribution in [0.2, 0.25) is 0 Å². The Balaban J connectivity index is 1.91. The molecule has 0 unspecified atom stereocenters. The minimum Gasteiger partial charge on any atom is -0.377 e. The molecule has 2 aromatic rings. The van der Waals surface area contributed by atoms with Crippen LogP contribution in [0, 0.1) is 5.92 Å². The van der Waals surface area contributed by atoms with Crippen LogP contribution in [-0.2, 0) is 11.3 Å². The minimum absolute atomic E-state index is 0.0661. The quantitative estimate of drug-likeness (QED) is 0.618. The number of ether oxygens (including phenoxy) is 1. The third-order valence-electron chi connectivity index (χ3n) is 4.05. The molecule has 0 N–H and O–H groups in total. The molecular weight excluding hydrogens is 308 g/mol. The number of hydrogen-bond donors (Lipinski definition) is 0. The van der Waals surface area contributed by atoms with Crippen LogP contribution in [-0.4, -0.2) is 28.0 Å². The van der Waals surface area contributed by atoms with Gasteiger partial charge in [-0.2, -0.15) is 0 Å². The molecule has 23 heavy (non-hydrogen) atoms. The van der Waals surface area contributed by atoms with Crippen molar-refractivity contribution in [2.75, 3.05) is 12.4 Å². The maximum atomic E-state index is 12.8. The van der Waals surface area contributed by atoms with Gasteiger partial charge in [0.1, 0.15) is 0 Å². The second kappa shape index (κ2) is 7.49. The fourth-order valence-corrected chi connectivity index (χ4v) is 3.96. The Kier molecular flexibility index (Phi) is 5.38. The monoisotopic (exact) mass is 332 g/mol. The smallest absolute Gasteiger partial charge is 0.262 e. The normalized spacial score (nSPS) is 18.7. The Hall–Kier alpha value is -1.33. The molecule has 5 heteroatoms. The number of hydrogen-bond acceptors (Lipinski definition) is 4. The summed E-state index contributed by atoms with van der Waals surface area (Å²) in [4.78, 5) is 17.6. The van der Waals surface area contributed by atoms with Crippen LogP contribution in [0.5, 0.6) is 0 Å². The Labute approximate surface area is 141 Å². The Bertz CT molecular complexity index is 721. The molecule has 4 nitrogen and oxygen atoms in total. The van der Waals surface area contributed by atoms with E-state index in [9.17, 15) is 4.79 Å². The van der Waals surface area contributed by atoms with E-state index in [-0.39, 0.29) is 11.7 Å². The highest BCUT2D eigenvalue weighted by molar-refractivity contribution is 7.99. The molecule has 1 atom stereocenters. The van der Waals surface area contributed by atoms with Crippen molar-refractivity contribution in [1.29, 1.82) is 0 Å². The Morgan fingerprint density at radius 2 is 2.17 bits per heavy atom. The molecule has 1 aliphatic heterocycles. The molecule has 0 saturated carbocycles. The number of aromatic nitrogens is 2. The van der Waals surface area contributed by atoms with Gasteiger partial charge in [0.15, 0.2) is 5.16 Å². The molecule has 0 radical (unpaired) electrons. The number of thioether (sulfide) groups is 1. The largest absolute Gasteiger partial charge is 0.377 e. The van der Waals surface area contributed by atoms with Crippen molar-refractivity contribution in [2.24, 2.45) is 5.92 Å². The van der Waals surface area contributed by atoms with Gasteiger partial charge in [0.25, 0.3) is 5.56 Å². The van der Waals surface area contributed by atoms with Gasteiger partial charge in [-0.3, -0.25) is 9.36 Å². The molecule has 0 spiro atoms. The summed E-state index contributed by atoms with van der Waals surface area (Å²) in [5.41, 5.74) is 0.848. The second-order valence-electron chi connectivity index (χ2n) is 6.52. The molecule has 1 saturated heterocycles. The van der Waals surface area contributed by atoms with E-state index in [1.54, 1.807) is 11.8 Å². The van der Waals surface area contributed by atoms with Crippen LogP contribution in [0.1, 0.15) is 33.1 Å². The molecular formula is C18H24N2O2S. The lowest BCUT2D eigenvalue weighted by Gasteiger charge is -2.22. The third-order valence-corrected chi connectivity index (χ3v) is 5.15. The van der Waals surface area contributed by atoms with E-state index < -0.39 is 0 Å². The summed E-state index contributed by atoms with van der Waals surface area (Å²) in [6.45, 7) is 5.81. The number of para-hydroxylation sites is 1. The Morgan fingerprint density at radius 3 is 2.91 bits per heavy atom. The zero-order chi connectivity index (χ0) is 16.2. The lowest BCUT2D eigenvalue weighted by molar-refractivity contribution is 0.0315. The van der Waals surface area contributed by atoms with Crippen LogP contribution in [0.25, 0.3) is 10.9 Å². The Morgan fingerprint density at radius 1 is 1.35 bits per heavy atom. The fraction of sp³-hybridized carbons (Fsp3) is 0.556. The molecule has 1 aromatic heterocycles. The molecule has 0 bridgehead atoms. The number of benzene rings is 1. The highest BCUT2D eigenvalue weighted by Crippen LogP contribution is 2.23. The highest BCUT2D eigenvalue weighted by Gasteiger charge is 2.17. The van der Waals surface area contributed by atoms with Gasteiger partial charge < -0.3 is 4.74 Å². The first-order chi connectivity index (χ1) is 11.1. The van der Waals surface area contributed by atoms with Crippen LogP contribution >= 0.6 is 11.8 Å². The summed E-state index contributed by atoms with van der Waals surface area (Å²) in [7, 11) is 0. The summed E-state index contributed by atoms with van der Waals surface area (Å²) in [6.07, 6.45) is 3.78. The van der Waals surface area contributed by atoms with Gasteiger partial charge in [-0.25, -0.2) is 4.98 Å². The van der Waals surface area contributed by atoms with Crippen molar-refractivity contribution < 1.29 is 4.74 Å². The zero-order valence-corrected chi connectivity index (χ0v) is 14.6. The van der Waals surface area contributed by atoms with Gasteiger partial charge in [-0.15, -0.1) is 0 Å². The van der Waals surface area contributed by atoms with Gasteiger partial charge in [-0.05, 0) is 37.3 Å².